The maximum Gasteiger partial charge on any atom is 0.189 e. The number of aliphatic imine (C=N–C) groups is 1. The summed E-state index contributed by atoms with van der Waals surface area (Å²) in [5.74, 6) is 1.28. The predicted molar refractivity (Wildman–Crippen MR) is 98.8 cm³/mol. The number of guanidine groups is 1. The van der Waals surface area contributed by atoms with Gasteiger partial charge < -0.3 is 11.1 Å². The summed E-state index contributed by atoms with van der Waals surface area (Å²) in [6.45, 7) is 14.1. The summed E-state index contributed by atoms with van der Waals surface area (Å²) in [5, 5.41) is 3.23. The number of hydrogen-bond donors (Lipinski definition) is 2. The lowest BCUT2D eigenvalue weighted by Crippen LogP contribution is -2.46. The molecule has 0 bridgehead atoms. The van der Waals surface area contributed by atoms with Crippen molar-refractivity contribution in [3.05, 3.63) is 0 Å². The second kappa shape index (κ2) is 9.07. The van der Waals surface area contributed by atoms with Crippen molar-refractivity contribution >= 4 is 29.9 Å². The molecule has 1 aliphatic heterocycles. The van der Waals surface area contributed by atoms with E-state index in [9.17, 15) is 0 Å². The highest BCUT2D eigenvalue weighted by molar-refractivity contribution is 14.0. The van der Waals surface area contributed by atoms with Crippen LogP contribution in [-0.4, -0.2) is 42.1 Å². The number of nitrogens with two attached hydrogens (primary N) is 1. The lowest BCUT2D eigenvalue weighted by Gasteiger charge is -2.28. The van der Waals surface area contributed by atoms with E-state index in [1.165, 1.54) is 32.4 Å². The molecular formula is C15H33IN4. The zero-order chi connectivity index (χ0) is 14.5. The molecular weight excluding hydrogens is 363 g/mol. The van der Waals surface area contributed by atoms with Crippen LogP contribution in [-0.2, 0) is 0 Å². The van der Waals surface area contributed by atoms with Crippen molar-refractivity contribution in [2.75, 3.05) is 19.6 Å². The van der Waals surface area contributed by atoms with Crippen LogP contribution in [0.4, 0.5) is 0 Å². The molecule has 1 unspecified atom stereocenters. The van der Waals surface area contributed by atoms with Crippen LogP contribution in [0.25, 0.3) is 0 Å². The summed E-state index contributed by atoms with van der Waals surface area (Å²) < 4.78 is 0. The second-order valence-electron chi connectivity index (χ2n) is 7.13. The molecule has 20 heavy (non-hydrogen) atoms. The van der Waals surface area contributed by atoms with Gasteiger partial charge in [-0.25, -0.2) is 0 Å². The molecule has 0 radical (unpaired) electrons. The van der Waals surface area contributed by atoms with Crippen molar-refractivity contribution in [2.45, 2.75) is 65.5 Å². The topological polar surface area (TPSA) is 53.6 Å². The fraction of sp³-hybridized carbons (Fsp3) is 0.933. The first-order chi connectivity index (χ1) is 8.78. The van der Waals surface area contributed by atoms with Gasteiger partial charge in [-0.05, 0) is 59.0 Å². The molecule has 0 aliphatic carbocycles. The van der Waals surface area contributed by atoms with E-state index in [-0.39, 0.29) is 29.5 Å². The molecule has 1 rings (SSSR count). The van der Waals surface area contributed by atoms with E-state index in [4.69, 9.17) is 5.73 Å². The summed E-state index contributed by atoms with van der Waals surface area (Å²) in [6.07, 6.45) is 3.86. The third kappa shape index (κ3) is 8.29. The third-order valence-corrected chi connectivity index (χ3v) is 3.38. The summed E-state index contributed by atoms with van der Waals surface area (Å²) in [7, 11) is 0. The lowest BCUT2D eigenvalue weighted by molar-refractivity contribution is 0.218. The summed E-state index contributed by atoms with van der Waals surface area (Å²) in [4.78, 5) is 7.13. The Labute approximate surface area is 142 Å². The van der Waals surface area contributed by atoms with Crippen LogP contribution in [0.15, 0.2) is 4.99 Å². The first kappa shape index (κ1) is 20.0. The van der Waals surface area contributed by atoms with Crippen LogP contribution >= 0.6 is 24.0 Å². The Kier molecular flexibility index (Phi) is 9.06. The van der Waals surface area contributed by atoms with Crippen LogP contribution < -0.4 is 11.1 Å². The van der Waals surface area contributed by atoms with E-state index in [0.717, 1.165) is 6.54 Å². The van der Waals surface area contributed by atoms with Gasteiger partial charge in [0.2, 0.25) is 0 Å². The monoisotopic (exact) mass is 396 g/mol. The highest BCUT2D eigenvalue weighted by Gasteiger charge is 2.22. The second-order valence-corrected chi connectivity index (χ2v) is 7.13. The fourth-order valence-corrected chi connectivity index (χ4v) is 2.62. The minimum Gasteiger partial charge on any atom is -0.370 e. The van der Waals surface area contributed by atoms with Crippen LogP contribution in [0.1, 0.15) is 53.9 Å². The van der Waals surface area contributed by atoms with Crippen molar-refractivity contribution < 1.29 is 0 Å². The number of likely N-dealkylation sites (tertiary alicyclic amines) is 1. The van der Waals surface area contributed by atoms with Gasteiger partial charge in [-0.2, -0.15) is 0 Å². The Hall–Kier alpha value is -0.0400. The minimum atomic E-state index is -0.0191. The summed E-state index contributed by atoms with van der Waals surface area (Å²) in [5.41, 5.74) is 5.94. The Morgan fingerprint density at radius 2 is 1.80 bits per heavy atom. The quantitative estimate of drug-likeness (QED) is 0.427. The van der Waals surface area contributed by atoms with E-state index in [1.807, 2.05) is 0 Å². The molecule has 0 aromatic carbocycles. The highest BCUT2D eigenvalue weighted by atomic mass is 127. The SMILES string of the molecule is CC(C)CC(CN=C(N)NC(C)(C)C)N1CCCC1.I. The normalized spacial score (nSPS) is 19.0. The molecule has 0 aromatic rings. The van der Waals surface area contributed by atoms with Gasteiger partial charge in [0.15, 0.2) is 5.96 Å². The van der Waals surface area contributed by atoms with E-state index >= 15 is 0 Å². The smallest absolute Gasteiger partial charge is 0.189 e. The predicted octanol–water partition coefficient (Wildman–Crippen LogP) is 2.82. The molecule has 5 heteroatoms. The van der Waals surface area contributed by atoms with Gasteiger partial charge >= 0.3 is 0 Å². The molecule has 0 amide bonds. The van der Waals surface area contributed by atoms with Crippen LogP contribution in [0.3, 0.4) is 0 Å². The molecule has 1 fully saturated rings. The van der Waals surface area contributed by atoms with Gasteiger partial charge in [0.1, 0.15) is 0 Å². The zero-order valence-corrected chi connectivity index (χ0v) is 16.1. The third-order valence-electron chi connectivity index (χ3n) is 3.38. The van der Waals surface area contributed by atoms with Gasteiger partial charge in [0, 0.05) is 11.6 Å². The Morgan fingerprint density at radius 3 is 2.25 bits per heavy atom. The first-order valence-electron chi connectivity index (χ1n) is 7.60. The molecule has 1 saturated heterocycles. The molecule has 3 N–H and O–H groups in total. The molecule has 0 saturated carbocycles. The van der Waals surface area contributed by atoms with E-state index in [2.05, 4.69) is 49.8 Å². The van der Waals surface area contributed by atoms with Crippen LogP contribution in [0.5, 0.6) is 0 Å². The maximum absolute atomic E-state index is 5.96. The maximum atomic E-state index is 5.96. The Balaban J connectivity index is 0.00000361. The van der Waals surface area contributed by atoms with Crippen molar-refractivity contribution in [3.63, 3.8) is 0 Å². The number of rotatable bonds is 5. The van der Waals surface area contributed by atoms with E-state index in [1.54, 1.807) is 0 Å². The van der Waals surface area contributed by atoms with Gasteiger partial charge in [0.25, 0.3) is 0 Å². The zero-order valence-electron chi connectivity index (χ0n) is 13.8. The molecule has 1 aliphatic rings. The number of hydrogen-bond acceptors (Lipinski definition) is 2. The summed E-state index contributed by atoms with van der Waals surface area (Å²) in [6, 6.07) is 0.544. The Morgan fingerprint density at radius 1 is 1.25 bits per heavy atom. The molecule has 0 aromatic heterocycles. The molecule has 4 nitrogen and oxygen atoms in total. The van der Waals surface area contributed by atoms with Gasteiger partial charge in [0.05, 0.1) is 6.54 Å². The van der Waals surface area contributed by atoms with E-state index in [0.29, 0.717) is 17.9 Å². The minimum absolute atomic E-state index is 0. The molecule has 1 heterocycles. The van der Waals surface area contributed by atoms with Crippen molar-refractivity contribution in [1.82, 2.24) is 10.2 Å². The summed E-state index contributed by atoms with van der Waals surface area (Å²) >= 11 is 0. The average Bonchev–Trinajstić information content (AvgIpc) is 2.74. The lowest BCUT2D eigenvalue weighted by atomic mass is 10.0. The van der Waals surface area contributed by atoms with Gasteiger partial charge in [-0.3, -0.25) is 9.89 Å². The largest absolute Gasteiger partial charge is 0.370 e. The standard InChI is InChI=1S/C15H32N4.HI/c1-12(2)10-13(19-8-6-7-9-19)11-17-14(16)18-15(3,4)5;/h12-13H,6-11H2,1-5H3,(H3,16,17,18);1H. The van der Waals surface area contributed by atoms with E-state index < -0.39 is 0 Å². The van der Waals surface area contributed by atoms with Crippen LogP contribution in [0.2, 0.25) is 0 Å². The number of nitrogens with one attached hydrogen (secondary N) is 1. The van der Waals surface area contributed by atoms with Crippen molar-refractivity contribution in [3.8, 4) is 0 Å². The van der Waals surface area contributed by atoms with Gasteiger partial charge in [-0.15, -0.1) is 24.0 Å². The molecule has 0 spiro atoms. The number of halogens is 1. The fourth-order valence-electron chi connectivity index (χ4n) is 2.62. The van der Waals surface area contributed by atoms with Crippen molar-refractivity contribution in [1.29, 1.82) is 0 Å². The number of nitrogens with zero attached hydrogens (tertiary/aromatic N) is 2. The van der Waals surface area contributed by atoms with Gasteiger partial charge in [-0.1, -0.05) is 13.8 Å². The highest BCUT2D eigenvalue weighted by Crippen LogP contribution is 2.18. The molecule has 120 valence electrons. The first-order valence-corrected chi connectivity index (χ1v) is 7.60. The average molecular weight is 396 g/mol. The van der Waals surface area contributed by atoms with Crippen molar-refractivity contribution in [2.24, 2.45) is 16.6 Å². The van der Waals surface area contributed by atoms with Crippen LogP contribution in [0, 0.1) is 5.92 Å². The Bertz CT molecular complexity index is 291. The molecule has 1 atom stereocenters.